The molecule has 122 valence electrons. The Morgan fingerprint density at radius 1 is 1.39 bits per heavy atom. The third kappa shape index (κ3) is 3.99. The van der Waals surface area contributed by atoms with Gasteiger partial charge in [-0.1, -0.05) is 20.8 Å². The molecule has 0 fully saturated rings. The second-order valence-electron chi connectivity index (χ2n) is 6.79. The van der Waals surface area contributed by atoms with E-state index in [4.69, 9.17) is 5.11 Å². The normalized spacial score (nSPS) is 17.6. The number of nitrogens with one attached hydrogen (secondary N) is 1. The molecule has 1 aromatic heterocycles. The number of fused-ring (bicyclic) bond motifs is 1. The summed E-state index contributed by atoms with van der Waals surface area (Å²) < 4.78 is 0. The minimum atomic E-state index is -1.18. The molecule has 1 aromatic rings. The average molecular weight is 332 g/mol. The molecular formula is C17H20N2O3S. The van der Waals surface area contributed by atoms with Crippen molar-refractivity contribution in [2.24, 2.45) is 11.3 Å². The lowest BCUT2D eigenvalue weighted by Gasteiger charge is -2.33. The average Bonchev–Trinajstić information content (AvgIpc) is 2.80. The monoisotopic (exact) mass is 332 g/mol. The van der Waals surface area contributed by atoms with E-state index in [0.717, 1.165) is 41.9 Å². The zero-order chi connectivity index (χ0) is 17.2. The van der Waals surface area contributed by atoms with Gasteiger partial charge in [0.15, 0.2) is 0 Å². The van der Waals surface area contributed by atoms with Gasteiger partial charge in [0, 0.05) is 17.0 Å². The van der Waals surface area contributed by atoms with Crippen molar-refractivity contribution < 1.29 is 14.7 Å². The van der Waals surface area contributed by atoms with Crippen LogP contribution in [0.5, 0.6) is 0 Å². The minimum Gasteiger partial charge on any atom is -0.478 e. The summed E-state index contributed by atoms with van der Waals surface area (Å²) in [6.45, 7) is 6.67. The number of carboxylic acids is 1. The molecule has 1 aliphatic carbocycles. The molecule has 1 atom stereocenters. The molecule has 0 unspecified atom stereocenters. The Morgan fingerprint density at radius 2 is 2.09 bits per heavy atom. The van der Waals surface area contributed by atoms with Crippen LogP contribution in [-0.4, -0.2) is 17.0 Å². The van der Waals surface area contributed by atoms with Gasteiger partial charge in [0.25, 0.3) is 0 Å². The number of aliphatic carboxylic acids is 1. The number of hydrogen-bond donors (Lipinski definition) is 2. The summed E-state index contributed by atoms with van der Waals surface area (Å²) in [6.07, 6.45) is 4.54. The highest BCUT2D eigenvalue weighted by atomic mass is 32.1. The molecule has 1 amide bonds. The van der Waals surface area contributed by atoms with Gasteiger partial charge in [-0.25, -0.2) is 4.79 Å². The van der Waals surface area contributed by atoms with E-state index in [9.17, 15) is 14.9 Å². The quantitative estimate of drug-likeness (QED) is 0.831. The van der Waals surface area contributed by atoms with Gasteiger partial charge in [0.05, 0.1) is 5.56 Å². The van der Waals surface area contributed by atoms with Crippen LogP contribution in [-0.2, 0) is 22.4 Å². The number of hydrogen-bond acceptors (Lipinski definition) is 4. The first-order chi connectivity index (χ1) is 10.7. The summed E-state index contributed by atoms with van der Waals surface area (Å²) in [6, 6.07) is 2.18. The summed E-state index contributed by atoms with van der Waals surface area (Å²) in [5.74, 6) is -1.16. The van der Waals surface area contributed by atoms with Crippen molar-refractivity contribution in [2.75, 3.05) is 5.32 Å². The Hall–Kier alpha value is -2.13. The Bertz CT molecular complexity index is 705. The van der Waals surface area contributed by atoms with Gasteiger partial charge in [-0.3, -0.25) is 4.79 Å². The van der Waals surface area contributed by atoms with Crippen LogP contribution >= 0.6 is 11.3 Å². The third-order valence-electron chi connectivity index (χ3n) is 4.22. The molecule has 0 aliphatic heterocycles. The summed E-state index contributed by atoms with van der Waals surface area (Å²) in [5.41, 5.74) is 1.77. The Balaban J connectivity index is 2.24. The molecule has 2 N–H and O–H groups in total. The number of nitrogens with zero attached hydrogens (tertiary/aromatic N) is 1. The number of anilines is 1. The molecule has 0 saturated heterocycles. The number of carbonyl (C=O) groups excluding carboxylic acids is 1. The van der Waals surface area contributed by atoms with E-state index in [1.807, 2.05) is 0 Å². The van der Waals surface area contributed by atoms with Crippen molar-refractivity contribution in [1.29, 1.82) is 5.26 Å². The van der Waals surface area contributed by atoms with E-state index in [1.165, 1.54) is 11.3 Å². The predicted molar refractivity (Wildman–Crippen MR) is 89.4 cm³/mol. The maximum absolute atomic E-state index is 11.8. The fraction of sp³-hybridized carbons (Fsp3) is 0.471. The van der Waals surface area contributed by atoms with Gasteiger partial charge in [-0.2, -0.15) is 5.26 Å². The molecule has 1 aliphatic rings. The van der Waals surface area contributed by atoms with Gasteiger partial charge in [0.1, 0.15) is 11.1 Å². The van der Waals surface area contributed by atoms with Crippen LogP contribution in [0, 0.1) is 22.7 Å². The molecule has 6 heteroatoms. The number of carboxylic acid groups (broad SMARTS) is 1. The summed E-state index contributed by atoms with van der Waals surface area (Å²) in [7, 11) is 0. The highest BCUT2D eigenvalue weighted by Gasteiger charge is 2.32. The minimum absolute atomic E-state index is 0.210. The summed E-state index contributed by atoms with van der Waals surface area (Å²) in [5, 5.41) is 21.1. The lowest BCUT2D eigenvalue weighted by Crippen LogP contribution is -2.26. The molecule has 1 heterocycles. The van der Waals surface area contributed by atoms with Crippen molar-refractivity contribution in [1.82, 2.24) is 0 Å². The maximum atomic E-state index is 11.8. The number of amides is 1. The zero-order valence-electron chi connectivity index (χ0n) is 13.5. The van der Waals surface area contributed by atoms with Gasteiger partial charge >= 0.3 is 5.97 Å². The smallest absolute Gasteiger partial charge is 0.328 e. The second kappa shape index (κ2) is 6.55. The Kier molecular flexibility index (Phi) is 4.90. The van der Waals surface area contributed by atoms with Crippen LogP contribution in [0.4, 0.5) is 5.00 Å². The standard InChI is InChI=1S/C17H20N2O3S/c1-17(2,3)10-4-5-11-12(9-18)16(23-13(11)8-10)19-14(20)6-7-15(21)22/h6-7,10H,4-5,8H2,1-3H3,(H,19,20)(H,21,22)/t10-/m0/s1. The number of carbonyl (C=O) groups is 2. The molecule has 0 saturated carbocycles. The second-order valence-corrected chi connectivity index (χ2v) is 7.89. The zero-order valence-corrected chi connectivity index (χ0v) is 14.3. The van der Waals surface area contributed by atoms with E-state index in [0.29, 0.717) is 16.5 Å². The van der Waals surface area contributed by atoms with Crippen LogP contribution in [0.3, 0.4) is 0 Å². The molecule has 23 heavy (non-hydrogen) atoms. The van der Waals surface area contributed by atoms with Crippen LogP contribution in [0.25, 0.3) is 0 Å². The first kappa shape index (κ1) is 17.2. The molecule has 2 rings (SSSR count). The van der Waals surface area contributed by atoms with Crippen molar-refractivity contribution in [2.45, 2.75) is 40.0 Å². The van der Waals surface area contributed by atoms with Gasteiger partial charge in [-0.05, 0) is 36.2 Å². The van der Waals surface area contributed by atoms with E-state index in [1.54, 1.807) is 0 Å². The third-order valence-corrected chi connectivity index (χ3v) is 5.39. The van der Waals surface area contributed by atoms with Gasteiger partial charge in [0.2, 0.25) is 5.91 Å². The van der Waals surface area contributed by atoms with Crippen LogP contribution in [0.1, 0.15) is 43.2 Å². The topological polar surface area (TPSA) is 90.2 Å². The maximum Gasteiger partial charge on any atom is 0.328 e. The molecule has 0 aromatic carbocycles. The lowest BCUT2D eigenvalue weighted by molar-refractivity contribution is -0.131. The molecule has 5 nitrogen and oxygen atoms in total. The van der Waals surface area contributed by atoms with Crippen LogP contribution in [0.2, 0.25) is 0 Å². The Morgan fingerprint density at radius 3 is 2.65 bits per heavy atom. The lowest BCUT2D eigenvalue weighted by atomic mass is 9.72. The van der Waals surface area contributed by atoms with Gasteiger partial charge < -0.3 is 10.4 Å². The van der Waals surface area contributed by atoms with Crippen molar-refractivity contribution in [3.05, 3.63) is 28.2 Å². The SMILES string of the molecule is CC(C)(C)[C@H]1CCc2c(sc(NC(=O)C=CC(=O)O)c2C#N)C1. The number of rotatable bonds is 3. The van der Waals surface area contributed by atoms with Crippen LogP contribution < -0.4 is 5.32 Å². The highest BCUT2D eigenvalue weighted by molar-refractivity contribution is 7.16. The number of nitriles is 1. The fourth-order valence-corrected chi connectivity index (χ4v) is 4.11. The molecule has 0 bridgehead atoms. The van der Waals surface area contributed by atoms with E-state index in [2.05, 4.69) is 32.2 Å². The van der Waals surface area contributed by atoms with E-state index >= 15 is 0 Å². The summed E-state index contributed by atoms with van der Waals surface area (Å²) in [4.78, 5) is 23.4. The first-order valence-electron chi connectivity index (χ1n) is 7.49. The Labute approximate surface area is 139 Å². The van der Waals surface area contributed by atoms with Crippen molar-refractivity contribution in [3.63, 3.8) is 0 Å². The predicted octanol–water partition coefficient (Wildman–Crippen LogP) is 3.35. The first-order valence-corrected chi connectivity index (χ1v) is 8.30. The number of thiophene rings is 1. The molecule has 0 radical (unpaired) electrons. The highest BCUT2D eigenvalue weighted by Crippen LogP contribution is 2.43. The molecule has 0 spiro atoms. The fourth-order valence-electron chi connectivity index (χ4n) is 2.83. The largest absolute Gasteiger partial charge is 0.478 e. The molecular weight excluding hydrogens is 312 g/mol. The summed E-state index contributed by atoms with van der Waals surface area (Å²) >= 11 is 1.43. The van der Waals surface area contributed by atoms with E-state index < -0.39 is 11.9 Å². The van der Waals surface area contributed by atoms with E-state index in [-0.39, 0.29) is 5.41 Å². The van der Waals surface area contributed by atoms with Crippen LogP contribution in [0.15, 0.2) is 12.2 Å². The van der Waals surface area contributed by atoms with Crippen molar-refractivity contribution >= 4 is 28.2 Å². The van der Waals surface area contributed by atoms with Crippen molar-refractivity contribution in [3.8, 4) is 6.07 Å². The van der Waals surface area contributed by atoms with Gasteiger partial charge in [-0.15, -0.1) is 11.3 Å².